The van der Waals surface area contributed by atoms with Gasteiger partial charge in [-0.2, -0.15) is 0 Å². The van der Waals surface area contributed by atoms with Gasteiger partial charge in [0, 0.05) is 18.3 Å². The number of guanidine groups is 1. The van der Waals surface area contributed by atoms with Gasteiger partial charge in [0.25, 0.3) is 0 Å². The van der Waals surface area contributed by atoms with Gasteiger partial charge in [-0.05, 0) is 43.2 Å². The number of nitrogens with zero attached hydrogens (tertiary/aromatic N) is 2. The van der Waals surface area contributed by atoms with E-state index in [1.807, 2.05) is 0 Å². The van der Waals surface area contributed by atoms with E-state index in [1.165, 1.54) is 31.4 Å². The van der Waals surface area contributed by atoms with Gasteiger partial charge in [-0.1, -0.05) is 19.3 Å². The van der Waals surface area contributed by atoms with Gasteiger partial charge < -0.3 is 15.8 Å². The zero-order valence-corrected chi connectivity index (χ0v) is 14.1. The summed E-state index contributed by atoms with van der Waals surface area (Å²) in [5.41, 5.74) is 6.73. The molecule has 3 N–H and O–H groups in total. The minimum Gasteiger partial charge on any atom is -0.457 e. The van der Waals surface area contributed by atoms with Gasteiger partial charge in [0.2, 0.25) is 0 Å². The molecule has 0 saturated heterocycles. The zero-order valence-electron chi connectivity index (χ0n) is 14.1. The van der Waals surface area contributed by atoms with Crippen molar-refractivity contribution in [3.8, 4) is 11.5 Å². The van der Waals surface area contributed by atoms with E-state index in [0.29, 0.717) is 30.0 Å². The number of hydrogen-bond acceptors (Lipinski definition) is 3. The zero-order chi connectivity index (χ0) is 17.5. The normalized spacial score (nSPS) is 15.8. The Morgan fingerprint density at radius 1 is 1.16 bits per heavy atom. The van der Waals surface area contributed by atoms with E-state index in [2.05, 4.69) is 15.3 Å². The van der Waals surface area contributed by atoms with Crippen LogP contribution in [0.5, 0.6) is 11.5 Å². The van der Waals surface area contributed by atoms with Crippen LogP contribution in [0, 0.1) is 5.82 Å². The summed E-state index contributed by atoms with van der Waals surface area (Å²) in [6.45, 7) is 0.381. The maximum Gasteiger partial charge on any atom is 0.189 e. The van der Waals surface area contributed by atoms with E-state index in [0.717, 1.165) is 18.5 Å². The second-order valence-corrected chi connectivity index (χ2v) is 6.22. The number of benzene rings is 1. The van der Waals surface area contributed by atoms with Gasteiger partial charge in [0.05, 0.1) is 12.2 Å². The fraction of sp³-hybridized carbons (Fsp3) is 0.368. The Morgan fingerprint density at radius 3 is 2.68 bits per heavy atom. The van der Waals surface area contributed by atoms with Crippen LogP contribution in [-0.4, -0.2) is 17.0 Å². The third-order valence-corrected chi connectivity index (χ3v) is 4.21. The summed E-state index contributed by atoms with van der Waals surface area (Å²) in [5.74, 6) is 1.36. The third-order valence-electron chi connectivity index (χ3n) is 4.21. The average Bonchev–Trinajstić information content (AvgIpc) is 2.63. The van der Waals surface area contributed by atoms with Crippen molar-refractivity contribution < 1.29 is 9.13 Å². The van der Waals surface area contributed by atoms with E-state index < -0.39 is 0 Å². The highest BCUT2D eigenvalue weighted by atomic mass is 19.1. The van der Waals surface area contributed by atoms with Gasteiger partial charge >= 0.3 is 0 Å². The second kappa shape index (κ2) is 8.46. The van der Waals surface area contributed by atoms with E-state index in [4.69, 9.17) is 10.5 Å². The van der Waals surface area contributed by atoms with Crippen LogP contribution in [0.25, 0.3) is 0 Å². The lowest BCUT2D eigenvalue weighted by molar-refractivity contribution is 0.412. The largest absolute Gasteiger partial charge is 0.457 e. The van der Waals surface area contributed by atoms with Crippen LogP contribution >= 0.6 is 0 Å². The maximum absolute atomic E-state index is 12.9. The summed E-state index contributed by atoms with van der Waals surface area (Å²) in [6, 6.07) is 9.87. The van der Waals surface area contributed by atoms with Crippen LogP contribution in [-0.2, 0) is 6.54 Å². The van der Waals surface area contributed by atoms with Gasteiger partial charge in [-0.3, -0.25) is 4.98 Å². The van der Waals surface area contributed by atoms with Crippen molar-refractivity contribution in [2.45, 2.75) is 44.7 Å². The predicted octanol–water partition coefficient (Wildman–Crippen LogP) is 3.75. The smallest absolute Gasteiger partial charge is 0.189 e. The number of aromatic nitrogens is 1. The second-order valence-electron chi connectivity index (χ2n) is 6.22. The van der Waals surface area contributed by atoms with Crippen molar-refractivity contribution in [3.63, 3.8) is 0 Å². The van der Waals surface area contributed by atoms with Crippen LogP contribution in [0.15, 0.2) is 47.6 Å². The molecule has 1 fully saturated rings. The number of halogens is 1. The lowest BCUT2D eigenvalue weighted by atomic mass is 9.96. The van der Waals surface area contributed by atoms with Crippen LogP contribution in [0.1, 0.15) is 37.8 Å². The fourth-order valence-electron chi connectivity index (χ4n) is 2.91. The Balaban J connectivity index is 1.57. The molecule has 1 aliphatic carbocycles. The summed E-state index contributed by atoms with van der Waals surface area (Å²) in [4.78, 5) is 8.65. The summed E-state index contributed by atoms with van der Waals surface area (Å²) in [6.07, 6.45) is 7.75. The number of pyridine rings is 1. The van der Waals surface area contributed by atoms with Crippen molar-refractivity contribution in [1.82, 2.24) is 10.3 Å². The van der Waals surface area contributed by atoms with Crippen LogP contribution in [0.2, 0.25) is 0 Å². The van der Waals surface area contributed by atoms with E-state index in [-0.39, 0.29) is 5.82 Å². The number of nitrogens with two attached hydrogens (primary N) is 1. The molecule has 0 amide bonds. The Hall–Kier alpha value is -2.63. The van der Waals surface area contributed by atoms with Gasteiger partial charge in [0.15, 0.2) is 5.96 Å². The molecule has 0 aliphatic heterocycles. The quantitative estimate of drug-likeness (QED) is 0.641. The molecular formula is C19H23FN4O. The first-order chi connectivity index (χ1) is 12.2. The SMILES string of the molecule is NC(=NCc1cc(Oc2ccc(F)cc2)ccn1)NC1CCCCC1. The number of hydrogen-bond donors (Lipinski definition) is 2. The molecule has 25 heavy (non-hydrogen) atoms. The molecule has 132 valence electrons. The Labute approximate surface area is 147 Å². The number of nitrogens with one attached hydrogen (secondary N) is 1. The molecule has 3 rings (SSSR count). The van der Waals surface area contributed by atoms with Crippen LogP contribution in [0.3, 0.4) is 0 Å². The topological polar surface area (TPSA) is 72.5 Å². The average molecular weight is 342 g/mol. The number of ether oxygens (including phenoxy) is 1. The Bertz CT molecular complexity index is 712. The lowest BCUT2D eigenvalue weighted by Gasteiger charge is -2.23. The molecule has 2 aromatic rings. The highest BCUT2D eigenvalue weighted by Crippen LogP contribution is 2.22. The summed E-state index contributed by atoms with van der Waals surface area (Å²) in [5, 5.41) is 3.28. The Morgan fingerprint density at radius 2 is 1.92 bits per heavy atom. The molecule has 0 unspecified atom stereocenters. The molecule has 1 aliphatic rings. The Kier molecular flexibility index (Phi) is 5.82. The fourth-order valence-corrected chi connectivity index (χ4v) is 2.91. The van der Waals surface area contributed by atoms with E-state index >= 15 is 0 Å². The molecule has 0 bridgehead atoms. The monoisotopic (exact) mass is 342 g/mol. The van der Waals surface area contributed by atoms with Crippen LogP contribution in [0.4, 0.5) is 4.39 Å². The molecule has 1 heterocycles. The van der Waals surface area contributed by atoms with Crippen molar-refractivity contribution in [2.24, 2.45) is 10.7 Å². The molecule has 1 saturated carbocycles. The maximum atomic E-state index is 12.9. The van der Waals surface area contributed by atoms with Gasteiger partial charge in [0.1, 0.15) is 17.3 Å². The molecule has 0 atom stereocenters. The molecule has 6 heteroatoms. The molecule has 1 aromatic heterocycles. The van der Waals surface area contributed by atoms with Crippen LogP contribution < -0.4 is 15.8 Å². The molecule has 5 nitrogen and oxygen atoms in total. The standard InChI is InChI=1S/C19H23FN4O/c20-14-6-8-17(9-7-14)25-18-10-11-22-16(12-18)13-23-19(21)24-15-4-2-1-3-5-15/h6-12,15H,1-5,13H2,(H3,21,23,24). The van der Waals surface area contributed by atoms with E-state index in [1.54, 1.807) is 30.5 Å². The minimum atomic E-state index is -0.293. The lowest BCUT2D eigenvalue weighted by Crippen LogP contribution is -2.41. The highest BCUT2D eigenvalue weighted by molar-refractivity contribution is 5.78. The molecular weight excluding hydrogens is 319 g/mol. The molecule has 0 radical (unpaired) electrons. The summed E-state index contributed by atoms with van der Waals surface area (Å²) in [7, 11) is 0. The van der Waals surface area contributed by atoms with Gasteiger partial charge in [-0.15, -0.1) is 0 Å². The van der Waals surface area contributed by atoms with Gasteiger partial charge in [-0.25, -0.2) is 9.38 Å². The number of rotatable bonds is 5. The third kappa shape index (κ3) is 5.45. The first-order valence-corrected chi connectivity index (χ1v) is 8.64. The van der Waals surface area contributed by atoms with Crippen molar-refractivity contribution in [3.05, 3.63) is 54.1 Å². The first-order valence-electron chi connectivity index (χ1n) is 8.64. The first kappa shape index (κ1) is 17.2. The molecule has 0 spiro atoms. The summed E-state index contributed by atoms with van der Waals surface area (Å²) < 4.78 is 18.6. The summed E-state index contributed by atoms with van der Waals surface area (Å²) >= 11 is 0. The minimum absolute atomic E-state index is 0.293. The highest BCUT2D eigenvalue weighted by Gasteiger charge is 2.13. The molecule has 1 aromatic carbocycles. The van der Waals surface area contributed by atoms with Crippen molar-refractivity contribution in [2.75, 3.05) is 0 Å². The number of aliphatic imine (C=N–C) groups is 1. The van der Waals surface area contributed by atoms with Crippen molar-refractivity contribution in [1.29, 1.82) is 0 Å². The predicted molar refractivity (Wildman–Crippen MR) is 96.0 cm³/mol. The van der Waals surface area contributed by atoms with E-state index in [9.17, 15) is 4.39 Å². The van der Waals surface area contributed by atoms with Crippen molar-refractivity contribution >= 4 is 5.96 Å².